The Morgan fingerprint density at radius 3 is 0.564 bits per heavy atom. The molecule has 0 rings (SSSR count). The minimum Gasteiger partial charge on any atom is -0.550 e. The van der Waals surface area contributed by atoms with Gasteiger partial charge in [0.05, 0.1) is 0 Å². The Morgan fingerprint density at radius 2 is 0.487 bits per heavy atom. The summed E-state index contributed by atoms with van der Waals surface area (Å²) in [5, 5.41) is 39.1. The molecule has 39 heavy (non-hydrogen) atoms. The zero-order valence-electron chi connectivity index (χ0n) is 26.1. The average Bonchev–Trinajstić information content (AvgIpc) is 2.69. The molecule has 0 aliphatic rings. The predicted molar refractivity (Wildman–Crippen MR) is 127 cm³/mol. The van der Waals surface area contributed by atoms with Crippen molar-refractivity contribution in [1.82, 2.24) is 0 Å². The first kappa shape index (κ1) is 72.8. The van der Waals surface area contributed by atoms with Gasteiger partial charge in [-0.1, -0.05) is 79.1 Å². The van der Waals surface area contributed by atoms with E-state index in [0.717, 1.165) is 77.0 Å². The third-order valence-corrected chi connectivity index (χ3v) is 3.94. The van der Waals surface area contributed by atoms with Crippen molar-refractivity contribution in [3.63, 3.8) is 0 Å². The van der Waals surface area contributed by atoms with Crippen LogP contribution in [0.25, 0.3) is 0 Å². The molecule has 0 amide bonds. The molecule has 0 spiro atoms. The van der Waals surface area contributed by atoms with E-state index in [2.05, 4.69) is 0 Å². The van der Waals surface area contributed by atoms with Gasteiger partial charge < -0.3 is 56.0 Å². The second-order valence-electron chi connectivity index (χ2n) is 7.32. The minimum absolute atomic E-state index is 0. The van der Waals surface area contributed by atoms with Crippen LogP contribution in [0.4, 0.5) is 0 Å². The summed E-state index contributed by atoms with van der Waals surface area (Å²) < 4.78 is 0. The van der Waals surface area contributed by atoms with Crippen LogP contribution in [0.2, 0.25) is 0 Å². The third kappa shape index (κ3) is 120. The van der Waals surface area contributed by atoms with Gasteiger partial charge >= 0.3 is 118 Å². The number of carboxylic acids is 4. The molecule has 0 aliphatic heterocycles. The van der Waals surface area contributed by atoms with E-state index in [4.69, 9.17) is 0 Å². The maximum absolute atomic E-state index is 9.76. The number of hydrogen-bond acceptors (Lipinski definition) is 8. The molecule has 0 radical (unpaired) electrons. The molecule has 0 bridgehead atoms. The van der Waals surface area contributed by atoms with Crippen LogP contribution in [0.1, 0.15) is 130 Å². The fraction of sp³-hybridized carbons (Fsp3) is 0.833. The third-order valence-electron chi connectivity index (χ3n) is 3.94. The van der Waals surface area contributed by atoms with Gasteiger partial charge in [-0.25, -0.2) is 0 Å². The van der Waals surface area contributed by atoms with Gasteiger partial charge in [0.2, 0.25) is 0 Å². The van der Waals surface area contributed by atoms with Gasteiger partial charge in [0.25, 0.3) is 0 Å². The maximum atomic E-state index is 9.76. The first-order chi connectivity index (χ1) is 15.1. The van der Waals surface area contributed by atoms with E-state index in [1.165, 1.54) is 0 Å². The summed E-state index contributed by atoms with van der Waals surface area (Å²) in [4.78, 5) is 39.1. The first-order valence-electron chi connectivity index (χ1n) is 11.9. The molecule has 0 unspecified atom stereocenters. The Bertz CT molecular complexity index is 380. The van der Waals surface area contributed by atoms with Gasteiger partial charge in [-0.05, 0) is 51.4 Å². The number of hydrogen-bond donors (Lipinski definition) is 0. The number of rotatable bonds is 16. The van der Waals surface area contributed by atoms with Gasteiger partial charge in [-0.2, -0.15) is 0 Å². The zero-order valence-corrected chi connectivity index (χ0v) is 34.1. The van der Waals surface area contributed by atoms with Crippen molar-refractivity contribution in [3.05, 3.63) is 0 Å². The Balaban J connectivity index is -0.0000000281. The number of unbranched alkanes of at least 4 members (excludes halogenated alkanes) is 8. The Labute approximate surface area is 324 Å². The van der Waals surface area contributed by atoms with Gasteiger partial charge in [0, 0.05) is 23.9 Å². The summed E-state index contributed by atoms with van der Waals surface area (Å²) >= 11 is 0. The molecular formula is C24H50Na4O11. The molecular weight excluding hydrogens is 556 g/mol. The van der Waals surface area contributed by atoms with Gasteiger partial charge in [-0.15, -0.1) is 0 Å². The normalized spacial score (nSPS) is 7.49. The van der Waals surface area contributed by atoms with Crippen molar-refractivity contribution in [1.29, 1.82) is 0 Å². The largest absolute Gasteiger partial charge is 1.00 e. The number of carboxylic acid groups (broad SMARTS) is 4. The smallest absolute Gasteiger partial charge is 0.550 e. The summed E-state index contributed by atoms with van der Waals surface area (Å²) in [6.07, 6.45) is 12.1. The van der Waals surface area contributed by atoms with Gasteiger partial charge in [-0.3, -0.25) is 0 Å². The summed E-state index contributed by atoms with van der Waals surface area (Å²) in [6, 6.07) is 0. The minimum atomic E-state index is -0.932. The topological polar surface area (TPSA) is 255 Å². The maximum Gasteiger partial charge on any atom is 1.00 e. The molecule has 11 nitrogen and oxygen atoms in total. The molecule has 0 heterocycles. The predicted octanol–water partition coefficient (Wildman–Crippen LogP) is -13.2. The molecule has 6 N–H and O–H groups in total. The van der Waals surface area contributed by atoms with Crippen LogP contribution < -0.4 is 139 Å². The fourth-order valence-corrected chi connectivity index (χ4v) is 2.08. The second-order valence-corrected chi connectivity index (χ2v) is 7.32. The summed E-state index contributed by atoms with van der Waals surface area (Å²) in [7, 11) is 0. The van der Waals surface area contributed by atoms with E-state index in [1.807, 2.05) is 27.7 Å². The van der Waals surface area contributed by atoms with E-state index in [0.29, 0.717) is 0 Å². The van der Waals surface area contributed by atoms with Crippen molar-refractivity contribution < 1.29 is 174 Å². The van der Waals surface area contributed by atoms with Crippen LogP contribution in [-0.2, 0) is 19.2 Å². The Kier molecular flexibility index (Phi) is 126. The molecule has 0 aromatic carbocycles. The Morgan fingerprint density at radius 1 is 0.359 bits per heavy atom. The van der Waals surface area contributed by atoms with E-state index < -0.39 is 23.9 Å². The molecule has 15 heteroatoms. The SMILES string of the molecule is CCCCCC(=O)[O-].CCCCCC(=O)[O-].CCCCCC(=O)[O-].CCCCCC(=O)[O-].O.O.O.[Na+].[Na+].[Na+].[Na+]. The van der Waals surface area contributed by atoms with Gasteiger partial charge in [0.1, 0.15) is 0 Å². The van der Waals surface area contributed by atoms with Gasteiger partial charge in [0.15, 0.2) is 0 Å². The van der Waals surface area contributed by atoms with E-state index in [1.54, 1.807) is 0 Å². The fourth-order valence-electron chi connectivity index (χ4n) is 2.08. The van der Waals surface area contributed by atoms with Crippen LogP contribution in [0.15, 0.2) is 0 Å². The standard InChI is InChI=1S/4C6H12O2.4Na.3H2O/c4*1-2-3-4-5-6(7)8;;;;;;;/h4*2-5H2,1H3,(H,7,8);;;;;3*1H2/q;;;;4*+1;;;/p-4. The van der Waals surface area contributed by atoms with Crippen molar-refractivity contribution in [2.45, 2.75) is 130 Å². The van der Waals surface area contributed by atoms with E-state index >= 15 is 0 Å². The monoisotopic (exact) mass is 606 g/mol. The molecule has 0 aromatic heterocycles. The molecule has 0 saturated carbocycles. The summed E-state index contributed by atoms with van der Waals surface area (Å²) in [5.74, 6) is -3.73. The van der Waals surface area contributed by atoms with Crippen molar-refractivity contribution in [2.75, 3.05) is 0 Å². The molecule has 216 valence electrons. The zero-order chi connectivity index (χ0) is 25.6. The number of carbonyl (C=O) groups excluding carboxylic acids is 4. The molecule has 0 fully saturated rings. The molecule has 0 aliphatic carbocycles. The van der Waals surface area contributed by atoms with Crippen LogP contribution in [0.5, 0.6) is 0 Å². The quantitative estimate of drug-likeness (QED) is 0.120. The molecule has 0 atom stereocenters. The summed E-state index contributed by atoms with van der Waals surface area (Å²) in [6.45, 7) is 8.15. The summed E-state index contributed by atoms with van der Waals surface area (Å²) in [5.41, 5.74) is 0. The van der Waals surface area contributed by atoms with Crippen molar-refractivity contribution >= 4 is 23.9 Å². The van der Waals surface area contributed by atoms with Crippen LogP contribution >= 0.6 is 0 Å². The Hall–Kier alpha value is 1.76. The molecule has 0 saturated heterocycles. The van der Waals surface area contributed by atoms with E-state index in [9.17, 15) is 39.6 Å². The molecule has 0 aromatic rings. The number of aliphatic carboxylic acids is 4. The average molecular weight is 607 g/mol. The van der Waals surface area contributed by atoms with Crippen LogP contribution in [0, 0.1) is 0 Å². The first-order valence-corrected chi connectivity index (χ1v) is 11.9. The van der Waals surface area contributed by atoms with Crippen LogP contribution in [0.3, 0.4) is 0 Å². The van der Waals surface area contributed by atoms with Crippen molar-refractivity contribution in [3.8, 4) is 0 Å². The van der Waals surface area contributed by atoms with Crippen molar-refractivity contribution in [2.24, 2.45) is 0 Å². The number of carbonyl (C=O) groups is 4. The second kappa shape index (κ2) is 67.4. The van der Waals surface area contributed by atoms with Crippen LogP contribution in [-0.4, -0.2) is 40.3 Å². The van der Waals surface area contributed by atoms with E-state index in [-0.39, 0.29) is 160 Å².